The molecule has 1 saturated carbocycles. The maximum absolute atomic E-state index is 12.2. The lowest BCUT2D eigenvalue weighted by Gasteiger charge is -2.24. The number of nitrogens with two attached hydrogens (primary N) is 1. The fraction of sp³-hybridized carbons (Fsp3) is 0.875. The van der Waals surface area contributed by atoms with E-state index in [1.165, 1.54) is 6.42 Å². The summed E-state index contributed by atoms with van der Waals surface area (Å²) in [7, 11) is 0. The molecule has 2 aliphatic rings. The lowest BCUT2D eigenvalue weighted by Crippen LogP contribution is -2.41. The van der Waals surface area contributed by atoms with Gasteiger partial charge < -0.3 is 16.0 Å². The van der Waals surface area contributed by atoms with E-state index in [0.717, 1.165) is 45.2 Å². The average Bonchev–Trinajstić information content (AvgIpc) is 2.97. The Morgan fingerprint density at radius 1 is 1.23 bits per heavy atom. The molecular formula is C16H30ClN3O2. The van der Waals surface area contributed by atoms with Crippen molar-refractivity contribution in [1.29, 1.82) is 0 Å². The summed E-state index contributed by atoms with van der Waals surface area (Å²) in [4.78, 5) is 26.3. The highest BCUT2D eigenvalue weighted by atomic mass is 35.5. The Bertz CT molecular complexity index is 372. The van der Waals surface area contributed by atoms with Gasteiger partial charge in [-0.2, -0.15) is 0 Å². The van der Waals surface area contributed by atoms with Crippen LogP contribution in [0.5, 0.6) is 0 Å². The second kappa shape index (κ2) is 9.36. The molecule has 6 heteroatoms. The van der Waals surface area contributed by atoms with Crippen LogP contribution in [0.3, 0.4) is 0 Å². The summed E-state index contributed by atoms with van der Waals surface area (Å²) in [6, 6.07) is -0.0798. The second-order valence-corrected chi connectivity index (χ2v) is 6.68. The van der Waals surface area contributed by atoms with Crippen LogP contribution in [-0.2, 0) is 9.59 Å². The van der Waals surface area contributed by atoms with Crippen LogP contribution >= 0.6 is 12.4 Å². The number of likely N-dealkylation sites (tertiary alicyclic amines) is 1. The standard InChI is InChI=1S/C16H29N3O2.ClH/c1-12(18-16(21)14-5-3-2-4-6-14)9-15(20)19-8-7-13(10-17)11-19;/h12-14H,2-11,17H2,1H3,(H,18,21);1H. The average molecular weight is 332 g/mol. The summed E-state index contributed by atoms with van der Waals surface area (Å²) in [6.45, 7) is 4.16. The van der Waals surface area contributed by atoms with Crippen LogP contribution in [0.2, 0.25) is 0 Å². The van der Waals surface area contributed by atoms with Crippen LogP contribution in [0.15, 0.2) is 0 Å². The molecular weight excluding hydrogens is 302 g/mol. The van der Waals surface area contributed by atoms with Gasteiger partial charge in [0.25, 0.3) is 0 Å². The molecule has 2 rings (SSSR count). The largest absolute Gasteiger partial charge is 0.353 e. The fourth-order valence-electron chi connectivity index (χ4n) is 3.42. The molecule has 2 atom stereocenters. The highest BCUT2D eigenvalue weighted by Crippen LogP contribution is 2.24. The highest BCUT2D eigenvalue weighted by Gasteiger charge is 2.27. The zero-order valence-electron chi connectivity index (χ0n) is 13.6. The Labute approximate surface area is 139 Å². The SMILES string of the molecule is CC(CC(=O)N1CCC(CN)C1)NC(=O)C1CCCCC1.Cl. The number of hydrogen-bond donors (Lipinski definition) is 2. The molecule has 0 spiro atoms. The molecule has 2 fully saturated rings. The third-order valence-electron chi connectivity index (χ3n) is 4.82. The van der Waals surface area contributed by atoms with Crippen LogP contribution in [0.25, 0.3) is 0 Å². The summed E-state index contributed by atoms with van der Waals surface area (Å²) >= 11 is 0. The molecule has 1 aliphatic carbocycles. The predicted octanol–water partition coefficient (Wildman–Crippen LogP) is 1.69. The molecule has 1 saturated heterocycles. The van der Waals surface area contributed by atoms with Crippen LogP contribution in [0, 0.1) is 11.8 Å². The third-order valence-corrected chi connectivity index (χ3v) is 4.82. The molecule has 0 bridgehead atoms. The van der Waals surface area contributed by atoms with E-state index in [0.29, 0.717) is 18.9 Å². The number of rotatable bonds is 5. The number of halogens is 1. The van der Waals surface area contributed by atoms with Crippen molar-refractivity contribution in [3.05, 3.63) is 0 Å². The van der Waals surface area contributed by atoms with Crippen molar-refractivity contribution in [3.63, 3.8) is 0 Å². The van der Waals surface area contributed by atoms with Crippen molar-refractivity contribution in [2.24, 2.45) is 17.6 Å². The topological polar surface area (TPSA) is 75.4 Å². The van der Waals surface area contributed by atoms with E-state index in [2.05, 4.69) is 5.32 Å². The maximum atomic E-state index is 12.2. The zero-order valence-corrected chi connectivity index (χ0v) is 14.4. The summed E-state index contributed by atoms with van der Waals surface area (Å²) < 4.78 is 0. The van der Waals surface area contributed by atoms with Gasteiger partial charge in [0.15, 0.2) is 0 Å². The fourth-order valence-corrected chi connectivity index (χ4v) is 3.42. The number of hydrogen-bond acceptors (Lipinski definition) is 3. The number of nitrogens with one attached hydrogen (secondary N) is 1. The molecule has 3 N–H and O–H groups in total. The molecule has 0 aromatic rings. The van der Waals surface area contributed by atoms with E-state index in [1.54, 1.807) is 0 Å². The van der Waals surface area contributed by atoms with Gasteiger partial charge >= 0.3 is 0 Å². The molecule has 22 heavy (non-hydrogen) atoms. The Balaban J connectivity index is 0.00000242. The van der Waals surface area contributed by atoms with Gasteiger partial charge in [-0.25, -0.2) is 0 Å². The first-order valence-corrected chi connectivity index (χ1v) is 8.38. The molecule has 0 aromatic carbocycles. The van der Waals surface area contributed by atoms with Crippen molar-refractivity contribution in [3.8, 4) is 0 Å². The molecule has 1 aliphatic heterocycles. The van der Waals surface area contributed by atoms with Gasteiger partial charge in [-0.15, -0.1) is 12.4 Å². The van der Waals surface area contributed by atoms with Gasteiger partial charge in [-0.1, -0.05) is 19.3 Å². The van der Waals surface area contributed by atoms with E-state index in [4.69, 9.17) is 5.73 Å². The third kappa shape index (κ3) is 5.43. The quantitative estimate of drug-likeness (QED) is 0.805. The van der Waals surface area contributed by atoms with Crippen molar-refractivity contribution in [1.82, 2.24) is 10.2 Å². The first-order chi connectivity index (χ1) is 10.1. The van der Waals surface area contributed by atoms with Crippen LogP contribution in [0.1, 0.15) is 51.9 Å². The Morgan fingerprint density at radius 2 is 1.91 bits per heavy atom. The lowest BCUT2D eigenvalue weighted by atomic mass is 9.88. The first kappa shape index (κ1) is 19.2. The Hall–Kier alpha value is -0.810. The molecule has 0 aromatic heterocycles. The van der Waals surface area contributed by atoms with E-state index >= 15 is 0 Å². The van der Waals surface area contributed by atoms with Crippen molar-refractivity contribution < 1.29 is 9.59 Å². The number of carbonyl (C=O) groups excluding carboxylic acids is 2. The molecule has 128 valence electrons. The molecule has 1 heterocycles. The smallest absolute Gasteiger partial charge is 0.224 e. The normalized spacial score (nSPS) is 23.7. The zero-order chi connectivity index (χ0) is 15.2. The molecule has 2 unspecified atom stereocenters. The number of amides is 2. The lowest BCUT2D eigenvalue weighted by molar-refractivity contribution is -0.131. The minimum atomic E-state index is -0.0798. The van der Waals surface area contributed by atoms with Gasteiger partial charge in [0.05, 0.1) is 0 Å². The summed E-state index contributed by atoms with van der Waals surface area (Å²) in [6.07, 6.45) is 6.95. The van der Waals surface area contributed by atoms with Gasteiger partial charge in [-0.05, 0) is 38.6 Å². The minimum absolute atomic E-state index is 0. The van der Waals surface area contributed by atoms with Crippen molar-refractivity contribution in [2.45, 2.75) is 57.9 Å². The molecule has 0 radical (unpaired) electrons. The number of carbonyl (C=O) groups is 2. The maximum Gasteiger partial charge on any atom is 0.224 e. The van der Waals surface area contributed by atoms with Gasteiger partial charge in [0, 0.05) is 31.5 Å². The minimum Gasteiger partial charge on any atom is -0.353 e. The highest BCUT2D eigenvalue weighted by molar-refractivity contribution is 5.85. The molecule has 5 nitrogen and oxygen atoms in total. The monoisotopic (exact) mass is 331 g/mol. The Morgan fingerprint density at radius 3 is 2.50 bits per heavy atom. The van der Waals surface area contributed by atoms with Gasteiger partial charge in [0.2, 0.25) is 11.8 Å². The van der Waals surface area contributed by atoms with E-state index in [9.17, 15) is 9.59 Å². The van der Waals surface area contributed by atoms with Crippen molar-refractivity contribution >= 4 is 24.2 Å². The predicted molar refractivity (Wildman–Crippen MR) is 89.8 cm³/mol. The van der Waals surface area contributed by atoms with Gasteiger partial charge in [0.1, 0.15) is 0 Å². The summed E-state index contributed by atoms with van der Waals surface area (Å²) in [5.74, 6) is 0.879. The van der Waals surface area contributed by atoms with Crippen LogP contribution < -0.4 is 11.1 Å². The second-order valence-electron chi connectivity index (χ2n) is 6.68. The summed E-state index contributed by atoms with van der Waals surface area (Å²) in [5.41, 5.74) is 5.65. The van der Waals surface area contributed by atoms with Gasteiger partial charge in [-0.3, -0.25) is 9.59 Å². The summed E-state index contributed by atoms with van der Waals surface area (Å²) in [5, 5.41) is 3.02. The van der Waals surface area contributed by atoms with Crippen molar-refractivity contribution in [2.75, 3.05) is 19.6 Å². The first-order valence-electron chi connectivity index (χ1n) is 8.38. The Kier molecular flexibility index (Phi) is 8.18. The van der Waals surface area contributed by atoms with Crippen LogP contribution in [-0.4, -0.2) is 42.4 Å². The molecule has 2 amide bonds. The van der Waals surface area contributed by atoms with E-state index < -0.39 is 0 Å². The van der Waals surface area contributed by atoms with E-state index in [-0.39, 0.29) is 36.2 Å². The van der Waals surface area contributed by atoms with Crippen LogP contribution in [0.4, 0.5) is 0 Å². The van der Waals surface area contributed by atoms with E-state index in [1.807, 2.05) is 11.8 Å². The number of nitrogens with zero attached hydrogens (tertiary/aromatic N) is 1.